The summed E-state index contributed by atoms with van der Waals surface area (Å²) in [4.78, 5) is 0. The molecule has 0 amide bonds. The van der Waals surface area contributed by atoms with Gasteiger partial charge in [0.05, 0.1) is 16.4 Å². The summed E-state index contributed by atoms with van der Waals surface area (Å²) < 4.78 is 13.1. The maximum Gasteiger partial charge on any atom is 0.143 e. The van der Waals surface area contributed by atoms with E-state index in [9.17, 15) is 4.39 Å². The monoisotopic (exact) mass is 242 g/mol. The van der Waals surface area contributed by atoms with E-state index in [1.165, 1.54) is 18.9 Å². The van der Waals surface area contributed by atoms with Crippen LogP contribution in [0.4, 0.5) is 15.8 Å². The summed E-state index contributed by atoms with van der Waals surface area (Å²) in [5, 5.41) is 3.38. The minimum atomic E-state index is -0.473. The molecular formula is C12H16ClFN2. The van der Waals surface area contributed by atoms with E-state index in [1.807, 2.05) is 0 Å². The van der Waals surface area contributed by atoms with Crippen LogP contribution >= 0.6 is 11.6 Å². The number of anilines is 2. The maximum atomic E-state index is 13.1. The Morgan fingerprint density at radius 3 is 2.88 bits per heavy atom. The Bertz CT molecular complexity index is 391. The van der Waals surface area contributed by atoms with Gasteiger partial charge in [-0.3, -0.25) is 0 Å². The van der Waals surface area contributed by atoms with Crippen molar-refractivity contribution in [2.75, 3.05) is 11.1 Å². The van der Waals surface area contributed by atoms with Crippen LogP contribution in [0, 0.1) is 11.7 Å². The summed E-state index contributed by atoms with van der Waals surface area (Å²) in [7, 11) is 0. The van der Waals surface area contributed by atoms with E-state index in [-0.39, 0.29) is 5.02 Å². The Morgan fingerprint density at radius 1 is 1.56 bits per heavy atom. The van der Waals surface area contributed by atoms with Crippen LogP contribution in [-0.2, 0) is 0 Å². The van der Waals surface area contributed by atoms with Crippen molar-refractivity contribution in [3.8, 4) is 0 Å². The average molecular weight is 243 g/mol. The van der Waals surface area contributed by atoms with E-state index < -0.39 is 5.82 Å². The largest absolute Gasteiger partial charge is 0.397 e. The second kappa shape index (κ2) is 4.50. The van der Waals surface area contributed by atoms with E-state index in [4.69, 9.17) is 17.3 Å². The van der Waals surface area contributed by atoms with Crippen LogP contribution in [-0.4, -0.2) is 6.04 Å². The van der Waals surface area contributed by atoms with Gasteiger partial charge in [-0.25, -0.2) is 4.39 Å². The smallest absolute Gasteiger partial charge is 0.143 e. The van der Waals surface area contributed by atoms with Crippen molar-refractivity contribution >= 4 is 23.0 Å². The summed E-state index contributed by atoms with van der Waals surface area (Å²) >= 11 is 5.72. The molecule has 1 unspecified atom stereocenters. The lowest BCUT2D eigenvalue weighted by Gasteiger charge is -2.16. The Balaban J connectivity index is 2.04. The predicted molar refractivity (Wildman–Crippen MR) is 66.2 cm³/mol. The fourth-order valence-corrected chi connectivity index (χ4v) is 2.03. The van der Waals surface area contributed by atoms with Crippen molar-refractivity contribution in [1.82, 2.24) is 0 Å². The van der Waals surface area contributed by atoms with Crippen LogP contribution < -0.4 is 11.1 Å². The van der Waals surface area contributed by atoms with Crippen LogP contribution in [0.1, 0.15) is 26.2 Å². The maximum absolute atomic E-state index is 13.1. The predicted octanol–water partition coefficient (Wildman–Crippen LogP) is 3.66. The molecule has 0 aromatic heterocycles. The van der Waals surface area contributed by atoms with Crippen molar-refractivity contribution in [1.29, 1.82) is 0 Å². The second-order valence-corrected chi connectivity index (χ2v) is 4.99. The molecule has 16 heavy (non-hydrogen) atoms. The molecule has 2 rings (SSSR count). The minimum Gasteiger partial charge on any atom is -0.397 e. The zero-order chi connectivity index (χ0) is 11.7. The third-order valence-electron chi connectivity index (χ3n) is 2.88. The van der Waals surface area contributed by atoms with E-state index in [1.54, 1.807) is 6.07 Å². The molecule has 1 aromatic rings. The van der Waals surface area contributed by atoms with Crippen molar-refractivity contribution in [3.63, 3.8) is 0 Å². The Labute approximate surface area is 100.0 Å². The first-order valence-corrected chi connectivity index (χ1v) is 5.95. The standard InChI is InChI=1S/C12H16ClFN2/c1-7(4-8-2-3-8)16-12-5-9(13)10(14)6-11(12)15/h5-8,16H,2-4,15H2,1H3. The van der Waals surface area contributed by atoms with Crippen LogP contribution in [0.3, 0.4) is 0 Å². The van der Waals surface area contributed by atoms with Crippen LogP contribution in [0.5, 0.6) is 0 Å². The van der Waals surface area contributed by atoms with E-state index in [0.29, 0.717) is 11.7 Å². The highest BCUT2D eigenvalue weighted by molar-refractivity contribution is 6.31. The summed E-state index contributed by atoms with van der Waals surface area (Å²) in [5.74, 6) is 0.374. The summed E-state index contributed by atoms with van der Waals surface area (Å²) in [6.45, 7) is 2.11. The molecule has 1 saturated carbocycles. The van der Waals surface area contributed by atoms with Gasteiger partial charge in [0.15, 0.2) is 0 Å². The van der Waals surface area contributed by atoms with E-state index >= 15 is 0 Å². The van der Waals surface area contributed by atoms with Gasteiger partial charge in [-0.15, -0.1) is 0 Å². The highest BCUT2D eigenvalue weighted by atomic mass is 35.5. The molecule has 2 nitrogen and oxygen atoms in total. The Kier molecular flexibility index (Phi) is 3.24. The normalized spacial score (nSPS) is 17.2. The molecule has 3 N–H and O–H groups in total. The van der Waals surface area contributed by atoms with Crippen molar-refractivity contribution in [2.45, 2.75) is 32.2 Å². The fraction of sp³-hybridized carbons (Fsp3) is 0.500. The zero-order valence-corrected chi connectivity index (χ0v) is 10.0. The molecule has 4 heteroatoms. The molecule has 0 spiro atoms. The van der Waals surface area contributed by atoms with Crippen LogP contribution in [0.2, 0.25) is 5.02 Å². The molecule has 0 aliphatic heterocycles. The lowest BCUT2D eigenvalue weighted by atomic mass is 10.1. The number of benzene rings is 1. The molecule has 0 radical (unpaired) electrons. The lowest BCUT2D eigenvalue weighted by Crippen LogP contribution is -2.16. The molecule has 1 aliphatic carbocycles. The first-order chi connectivity index (χ1) is 7.56. The molecule has 1 aromatic carbocycles. The Hall–Kier alpha value is -0.960. The second-order valence-electron chi connectivity index (χ2n) is 4.58. The number of rotatable bonds is 4. The van der Waals surface area contributed by atoms with Gasteiger partial charge < -0.3 is 11.1 Å². The molecule has 88 valence electrons. The minimum absolute atomic E-state index is 0.107. The van der Waals surface area contributed by atoms with Gasteiger partial charge in [-0.1, -0.05) is 24.4 Å². The summed E-state index contributed by atoms with van der Waals surface area (Å²) in [6.07, 6.45) is 3.78. The van der Waals surface area contributed by atoms with Crippen molar-refractivity contribution in [3.05, 3.63) is 23.0 Å². The quantitative estimate of drug-likeness (QED) is 0.791. The topological polar surface area (TPSA) is 38.0 Å². The Morgan fingerprint density at radius 2 is 2.25 bits per heavy atom. The average Bonchev–Trinajstić information content (AvgIpc) is 2.98. The molecular weight excluding hydrogens is 227 g/mol. The number of nitrogens with one attached hydrogen (secondary N) is 1. The summed E-state index contributed by atoms with van der Waals surface area (Å²) in [6, 6.07) is 3.15. The van der Waals surface area contributed by atoms with Crippen LogP contribution in [0.25, 0.3) is 0 Å². The first-order valence-electron chi connectivity index (χ1n) is 5.57. The number of nitrogen functional groups attached to an aromatic ring is 1. The third kappa shape index (κ3) is 2.79. The molecule has 0 bridgehead atoms. The number of hydrogen-bond acceptors (Lipinski definition) is 2. The number of hydrogen-bond donors (Lipinski definition) is 2. The SMILES string of the molecule is CC(CC1CC1)Nc1cc(Cl)c(F)cc1N. The van der Waals surface area contributed by atoms with Gasteiger partial charge in [0.2, 0.25) is 0 Å². The molecule has 1 fully saturated rings. The summed E-state index contributed by atoms with van der Waals surface area (Å²) in [5.41, 5.74) is 6.85. The third-order valence-corrected chi connectivity index (χ3v) is 3.17. The van der Waals surface area contributed by atoms with Gasteiger partial charge in [0.25, 0.3) is 0 Å². The highest BCUT2D eigenvalue weighted by Crippen LogP contribution is 2.35. The van der Waals surface area contributed by atoms with Crippen molar-refractivity contribution < 1.29 is 4.39 Å². The first kappa shape index (κ1) is 11.5. The van der Waals surface area contributed by atoms with E-state index in [0.717, 1.165) is 18.0 Å². The van der Waals surface area contributed by atoms with Gasteiger partial charge in [0, 0.05) is 12.1 Å². The fourth-order valence-electron chi connectivity index (χ4n) is 1.87. The lowest BCUT2D eigenvalue weighted by molar-refractivity contribution is 0.627. The molecule has 0 heterocycles. The van der Waals surface area contributed by atoms with Crippen molar-refractivity contribution in [2.24, 2.45) is 5.92 Å². The van der Waals surface area contributed by atoms with Gasteiger partial charge in [-0.2, -0.15) is 0 Å². The van der Waals surface area contributed by atoms with Crippen LogP contribution in [0.15, 0.2) is 12.1 Å². The van der Waals surface area contributed by atoms with Gasteiger partial charge in [0.1, 0.15) is 5.82 Å². The van der Waals surface area contributed by atoms with E-state index in [2.05, 4.69) is 12.2 Å². The molecule has 1 aliphatic rings. The van der Waals surface area contributed by atoms with Gasteiger partial charge in [-0.05, 0) is 25.3 Å². The molecule has 0 saturated heterocycles. The molecule has 1 atom stereocenters. The zero-order valence-electron chi connectivity index (χ0n) is 9.26. The van der Waals surface area contributed by atoms with Gasteiger partial charge >= 0.3 is 0 Å². The highest BCUT2D eigenvalue weighted by Gasteiger charge is 2.23. The number of halogens is 2. The number of nitrogens with two attached hydrogens (primary N) is 1.